The Morgan fingerprint density at radius 1 is 1.41 bits per heavy atom. The van der Waals surface area contributed by atoms with Crippen LogP contribution in [0.25, 0.3) is 0 Å². The second-order valence-electron chi connectivity index (χ2n) is 5.00. The summed E-state index contributed by atoms with van der Waals surface area (Å²) in [4.78, 5) is 15.7. The maximum Gasteiger partial charge on any atom is 0.233 e. The lowest BCUT2D eigenvalue weighted by Gasteiger charge is -2.30. The minimum absolute atomic E-state index is 0.253. The monoisotopic (exact) mass is 252 g/mol. The summed E-state index contributed by atoms with van der Waals surface area (Å²) < 4.78 is 0. The summed E-state index contributed by atoms with van der Waals surface area (Å²) in [5.74, 6) is 0.253. The van der Waals surface area contributed by atoms with E-state index in [2.05, 4.69) is 11.4 Å². The van der Waals surface area contributed by atoms with E-state index >= 15 is 0 Å². The van der Waals surface area contributed by atoms with Crippen LogP contribution in [0, 0.1) is 0 Å². The Kier molecular flexibility index (Phi) is 3.84. The molecule has 1 saturated heterocycles. The third-order valence-corrected chi connectivity index (χ3v) is 4.49. The molecule has 3 nitrogen and oxygen atoms in total. The molecule has 0 aromatic carbocycles. The maximum atomic E-state index is 12.6. The Balaban J connectivity index is 2.12. The highest BCUT2D eigenvalue weighted by Crippen LogP contribution is 2.29. The van der Waals surface area contributed by atoms with Gasteiger partial charge in [-0.05, 0) is 38.3 Å². The van der Waals surface area contributed by atoms with Gasteiger partial charge in [0.15, 0.2) is 0 Å². The summed E-state index contributed by atoms with van der Waals surface area (Å²) in [5.41, 5.74) is -0.390. The molecule has 0 bridgehead atoms. The van der Waals surface area contributed by atoms with Crippen LogP contribution in [0.2, 0.25) is 0 Å². The van der Waals surface area contributed by atoms with Crippen molar-refractivity contribution in [3.8, 4) is 0 Å². The molecule has 1 N–H and O–H groups in total. The van der Waals surface area contributed by atoms with Gasteiger partial charge < -0.3 is 10.2 Å². The van der Waals surface area contributed by atoms with E-state index in [9.17, 15) is 4.79 Å². The number of hydrogen-bond acceptors (Lipinski definition) is 3. The minimum Gasteiger partial charge on any atom is -0.341 e. The summed E-state index contributed by atoms with van der Waals surface area (Å²) in [7, 11) is 0. The molecule has 17 heavy (non-hydrogen) atoms. The molecule has 0 spiro atoms. The zero-order valence-corrected chi connectivity index (χ0v) is 11.3. The lowest BCUT2D eigenvalue weighted by atomic mass is 9.89. The Bertz CT molecular complexity index is 365. The Morgan fingerprint density at radius 2 is 2.24 bits per heavy atom. The largest absolute Gasteiger partial charge is 0.341 e. The molecule has 0 saturated carbocycles. The van der Waals surface area contributed by atoms with Crippen LogP contribution in [-0.2, 0) is 10.2 Å². The molecule has 0 atom stereocenters. The SMILES string of the molecule is CC(C)(C(=O)N1CCCNCC1)c1cccs1. The van der Waals surface area contributed by atoms with Crippen LogP contribution in [0.15, 0.2) is 17.5 Å². The lowest BCUT2D eigenvalue weighted by Crippen LogP contribution is -2.44. The zero-order valence-electron chi connectivity index (χ0n) is 10.5. The molecular weight excluding hydrogens is 232 g/mol. The fourth-order valence-corrected chi connectivity index (χ4v) is 3.03. The van der Waals surface area contributed by atoms with Crippen LogP contribution in [0.4, 0.5) is 0 Å². The van der Waals surface area contributed by atoms with Crippen molar-refractivity contribution >= 4 is 17.2 Å². The molecule has 2 rings (SSSR count). The predicted octanol–water partition coefficient (Wildman–Crippen LogP) is 1.85. The summed E-state index contributed by atoms with van der Waals surface area (Å²) in [6.07, 6.45) is 1.05. The van der Waals surface area contributed by atoms with Crippen molar-refractivity contribution in [2.45, 2.75) is 25.7 Å². The number of nitrogens with one attached hydrogen (secondary N) is 1. The fourth-order valence-electron chi connectivity index (χ4n) is 2.18. The zero-order chi connectivity index (χ0) is 12.3. The first-order chi connectivity index (χ1) is 8.12. The van der Waals surface area contributed by atoms with E-state index in [1.807, 2.05) is 30.2 Å². The summed E-state index contributed by atoms with van der Waals surface area (Å²) in [6.45, 7) is 7.68. The van der Waals surface area contributed by atoms with Crippen molar-refractivity contribution in [1.82, 2.24) is 10.2 Å². The molecule has 1 aliphatic heterocycles. The Morgan fingerprint density at radius 3 is 2.94 bits per heavy atom. The van der Waals surface area contributed by atoms with Crippen molar-refractivity contribution < 1.29 is 4.79 Å². The molecule has 94 valence electrons. The predicted molar refractivity (Wildman–Crippen MR) is 71.4 cm³/mol. The Hall–Kier alpha value is -0.870. The number of thiophene rings is 1. The summed E-state index contributed by atoms with van der Waals surface area (Å²) in [5, 5.41) is 5.36. The van der Waals surface area contributed by atoms with Gasteiger partial charge in [0.25, 0.3) is 0 Å². The molecule has 1 fully saturated rings. The smallest absolute Gasteiger partial charge is 0.233 e. The lowest BCUT2D eigenvalue weighted by molar-refractivity contribution is -0.135. The molecule has 1 amide bonds. The normalized spacial score (nSPS) is 17.9. The van der Waals surface area contributed by atoms with Crippen LogP contribution in [0.1, 0.15) is 25.1 Å². The molecule has 0 radical (unpaired) electrons. The highest BCUT2D eigenvalue weighted by atomic mass is 32.1. The second-order valence-corrected chi connectivity index (χ2v) is 5.95. The van der Waals surface area contributed by atoms with Crippen molar-refractivity contribution in [2.75, 3.05) is 26.2 Å². The van der Waals surface area contributed by atoms with Gasteiger partial charge in [-0.3, -0.25) is 4.79 Å². The number of rotatable bonds is 2. The van der Waals surface area contributed by atoms with Gasteiger partial charge in [0.2, 0.25) is 5.91 Å². The molecule has 0 unspecified atom stereocenters. The highest BCUT2D eigenvalue weighted by Gasteiger charge is 2.34. The standard InChI is InChI=1S/C13H20N2OS/c1-13(2,11-5-3-10-17-11)12(16)15-8-4-6-14-7-9-15/h3,5,10,14H,4,6-9H2,1-2H3. The van der Waals surface area contributed by atoms with Crippen LogP contribution in [0.5, 0.6) is 0 Å². The van der Waals surface area contributed by atoms with E-state index in [1.165, 1.54) is 0 Å². The van der Waals surface area contributed by atoms with Gasteiger partial charge in [-0.15, -0.1) is 11.3 Å². The van der Waals surface area contributed by atoms with Gasteiger partial charge in [-0.25, -0.2) is 0 Å². The highest BCUT2D eigenvalue weighted by molar-refractivity contribution is 7.10. The van der Waals surface area contributed by atoms with Gasteiger partial charge >= 0.3 is 0 Å². The summed E-state index contributed by atoms with van der Waals surface area (Å²) in [6, 6.07) is 4.07. The van der Waals surface area contributed by atoms with Crippen molar-refractivity contribution in [2.24, 2.45) is 0 Å². The van der Waals surface area contributed by atoms with Crippen LogP contribution >= 0.6 is 11.3 Å². The van der Waals surface area contributed by atoms with E-state index in [1.54, 1.807) is 11.3 Å². The van der Waals surface area contributed by atoms with Crippen molar-refractivity contribution in [1.29, 1.82) is 0 Å². The van der Waals surface area contributed by atoms with Gasteiger partial charge in [-0.2, -0.15) is 0 Å². The molecule has 1 aromatic rings. The number of amides is 1. The first-order valence-corrected chi connectivity index (χ1v) is 7.04. The van der Waals surface area contributed by atoms with Gasteiger partial charge in [0.1, 0.15) is 0 Å². The number of hydrogen-bond donors (Lipinski definition) is 1. The van der Waals surface area contributed by atoms with E-state index in [4.69, 9.17) is 0 Å². The molecule has 2 heterocycles. The van der Waals surface area contributed by atoms with Crippen LogP contribution < -0.4 is 5.32 Å². The quantitative estimate of drug-likeness (QED) is 0.871. The van der Waals surface area contributed by atoms with Gasteiger partial charge in [0.05, 0.1) is 5.41 Å². The molecule has 1 aliphatic rings. The van der Waals surface area contributed by atoms with Crippen LogP contribution in [-0.4, -0.2) is 37.0 Å². The fraction of sp³-hybridized carbons (Fsp3) is 0.615. The van der Waals surface area contributed by atoms with E-state index in [0.717, 1.165) is 37.5 Å². The average molecular weight is 252 g/mol. The van der Waals surface area contributed by atoms with E-state index < -0.39 is 5.41 Å². The maximum absolute atomic E-state index is 12.6. The number of carbonyl (C=O) groups is 1. The minimum atomic E-state index is -0.390. The molecular formula is C13H20N2OS. The second kappa shape index (κ2) is 5.19. The molecule has 0 aliphatic carbocycles. The van der Waals surface area contributed by atoms with Gasteiger partial charge in [0, 0.05) is 24.5 Å². The van der Waals surface area contributed by atoms with Crippen molar-refractivity contribution in [3.63, 3.8) is 0 Å². The third kappa shape index (κ3) is 2.69. The first kappa shape index (κ1) is 12.6. The number of nitrogens with zero attached hydrogens (tertiary/aromatic N) is 1. The third-order valence-electron chi connectivity index (χ3n) is 3.30. The molecule has 1 aromatic heterocycles. The molecule has 4 heteroatoms. The van der Waals surface area contributed by atoms with Crippen molar-refractivity contribution in [3.05, 3.63) is 22.4 Å². The Labute approximate surface area is 107 Å². The number of carbonyl (C=O) groups excluding carboxylic acids is 1. The van der Waals surface area contributed by atoms with E-state index in [-0.39, 0.29) is 5.91 Å². The van der Waals surface area contributed by atoms with Crippen LogP contribution in [0.3, 0.4) is 0 Å². The summed E-state index contributed by atoms with van der Waals surface area (Å²) >= 11 is 1.66. The van der Waals surface area contributed by atoms with E-state index in [0.29, 0.717) is 0 Å². The topological polar surface area (TPSA) is 32.3 Å². The first-order valence-electron chi connectivity index (χ1n) is 6.16. The van der Waals surface area contributed by atoms with Gasteiger partial charge in [-0.1, -0.05) is 6.07 Å². The average Bonchev–Trinajstić information content (AvgIpc) is 2.72.